The van der Waals surface area contributed by atoms with Gasteiger partial charge in [0.2, 0.25) is 0 Å². The number of carbonyl (C=O) groups excluding carboxylic acids is 1. The number of nitrogens with one attached hydrogen (secondary N) is 1. The summed E-state index contributed by atoms with van der Waals surface area (Å²) < 4.78 is 7.65. The van der Waals surface area contributed by atoms with E-state index < -0.39 is 0 Å². The number of halogens is 1. The highest BCUT2D eigenvalue weighted by atomic mass is 35.5. The standard InChI is InChI=1S/C24H20ClN5O2S/c1-30-23(18-10-12-19(25)13-11-18)28-29-24(30)33-16-22(31)27-26-15-17-6-5-9-21(14-17)32-20-7-3-2-4-8-20/h2-15H,16H2,1H3,(H,27,31)/b26-15+. The molecule has 0 unspecified atom stereocenters. The van der Waals surface area contributed by atoms with Crippen LogP contribution in [0.2, 0.25) is 5.02 Å². The van der Waals surface area contributed by atoms with Crippen LogP contribution in [0, 0.1) is 0 Å². The van der Waals surface area contributed by atoms with Crippen molar-refractivity contribution < 1.29 is 9.53 Å². The molecule has 0 fully saturated rings. The van der Waals surface area contributed by atoms with E-state index in [4.69, 9.17) is 16.3 Å². The molecule has 0 aliphatic carbocycles. The van der Waals surface area contributed by atoms with Crippen LogP contribution in [0.3, 0.4) is 0 Å². The minimum atomic E-state index is -0.246. The van der Waals surface area contributed by atoms with Crippen LogP contribution in [0.4, 0.5) is 0 Å². The van der Waals surface area contributed by atoms with Gasteiger partial charge in [-0.2, -0.15) is 5.10 Å². The van der Waals surface area contributed by atoms with Gasteiger partial charge in [-0.05, 0) is 54.1 Å². The molecule has 0 spiro atoms. The smallest absolute Gasteiger partial charge is 0.250 e. The molecule has 166 valence electrons. The zero-order chi connectivity index (χ0) is 23.0. The molecule has 0 aliphatic rings. The van der Waals surface area contributed by atoms with Gasteiger partial charge in [0.15, 0.2) is 11.0 Å². The number of hydrogen-bond donors (Lipinski definition) is 1. The molecule has 33 heavy (non-hydrogen) atoms. The van der Waals surface area contributed by atoms with E-state index in [2.05, 4.69) is 20.7 Å². The lowest BCUT2D eigenvalue weighted by atomic mass is 10.2. The van der Waals surface area contributed by atoms with Gasteiger partial charge in [-0.3, -0.25) is 4.79 Å². The first-order chi connectivity index (χ1) is 16.1. The van der Waals surface area contributed by atoms with Crippen molar-refractivity contribution in [2.45, 2.75) is 5.16 Å². The third-order valence-corrected chi connectivity index (χ3v) is 5.78. The molecule has 4 aromatic rings. The van der Waals surface area contributed by atoms with Gasteiger partial charge < -0.3 is 9.30 Å². The second kappa shape index (κ2) is 10.8. The zero-order valence-electron chi connectivity index (χ0n) is 17.7. The number of aromatic nitrogens is 3. The quantitative estimate of drug-likeness (QED) is 0.215. The molecular formula is C24H20ClN5O2S. The van der Waals surface area contributed by atoms with Crippen LogP contribution in [0.15, 0.2) is 89.1 Å². The molecular weight excluding hydrogens is 458 g/mol. The van der Waals surface area contributed by atoms with E-state index in [1.54, 1.807) is 18.3 Å². The number of ether oxygens (including phenoxy) is 1. The van der Waals surface area contributed by atoms with E-state index in [9.17, 15) is 4.79 Å². The Morgan fingerprint density at radius 1 is 1.06 bits per heavy atom. The monoisotopic (exact) mass is 477 g/mol. The van der Waals surface area contributed by atoms with Crippen LogP contribution in [0.25, 0.3) is 11.4 Å². The maximum Gasteiger partial charge on any atom is 0.250 e. The molecule has 0 aliphatic heterocycles. The molecule has 0 saturated heterocycles. The second-order valence-corrected chi connectivity index (χ2v) is 8.32. The van der Waals surface area contributed by atoms with Crippen molar-refractivity contribution in [3.05, 3.63) is 89.4 Å². The second-order valence-electron chi connectivity index (χ2n) is 6.94. The third kappa shape index (κ3) is 6.21. The first-order valence-corrected chi connectivity index (χ1v) is 11.4. The van der Waals surface area contributed by atoms with Crippen molar-refractivity contribution >= 4 is 35.5 Å². The van der Waals surface area contributed by atoms with E-state index in [0.29, 0.717) is 21.8 Å². The molecule has 9 heteroatoms. The van der Waals surface area contributed by atoms with Crippen LogP contribution in [0.5, 0.6) is 11.5 Å². The molecule has 7 nitrogen and oxygen atoms in total. The van der Waals surface area contributed by atoms with Gasteiger partial charge in [0.25, 0.3) is 5.91 Å². The lowest BCUT2D eigenvalue weighted by Crippen LogP contribution is -2.19. The number of para-hydroxylation sites is 1. The van der Waals surface area contributed by atoms with Gasteiger partial charge in [-0.1, -0.05) is 53.7 Å². The number of hydrazone groups is 1. The van der Waals surface area contributed by atoms with Gasteiger partial charge in [-0.15, -0.1) is 10.2 Å². The number of rotatable bonds is 8. The molecule has 1 heterocycles. The number of hydrogen-bond acceptors (Lipinski definition) is 6. The van der Waals surface area contributed by atoms with Crippen molar-refractivity contribution in [1.29, 1.82) is 0 Å². The number of thioether (sulfide) groups is 1. The Morgan fingerprint density at radius 3 is 2.61 bits per heavy atom. The summed E-state index contributed by atoms with van der Waals surface area (Å²) in [5.41, 5.74) is 4.23. The molecule has 0 radical (unpaired) electrons. The third-order valence-electron chi connectivity index (χ3n) is 4.51. The van der Waals surface area contributed by atoms with Crippen LogP contribution in [-0.4, -0.2) is 32.6 Å². The van der Waals surface area contributed by atoms with E-state index in [1.807, 2.05) is 78.3 Å². The minimum Gasteiger partial charge on any atom is -0.457 e. The number of nitrogens with zero attached hydrogens (tertiary/aromatic N) is 4. The van der Waals surface area contributed by atoms with Crippen molar-refractivity contribution in [2.24, 2.45) is 12.1 Å². The van der Waals surface area contributed by atoms with Crippen molar-refractivity contribution in [3.63, 3.8) is 0 Å². The normalized spacial score (nSPS) is 11.0. The van der Waals surface area contributed by atoms with E-state index >= 15 is 0 Å². The van der Waals surface area contributed by atoms with Gasteiger partial charge in [0.1, 0.15) is 11.5 Å². The molecule has 4 rings (SSSR count). The largest absolute Gasteiger partial charge is 0.457 e. The van der Waals surface area contributed by atoms with E-state index in [0.717, 1.165) is 16.9 Å². The van der Waals surface area contributed by atoms with Crippen LogP contribution in [-0.2, 0) is 11.8 Å². The van der Waals surface area contributed by atoms with Crippen molar-refractivity contribution in [3.8, 4) is 22.9 Å². The molecule has 0 saturated carbocycles. The summed E-state index contributed by atoms with van der Waals surface area (Å²) in [7, 11) is 1.85. The lowest BCUT2D eigenvalue weighted by molar-refractivity contribution is -0.118. The maximum absolute atomic E-state index is 12.2. The Hall–Kier alpha value is -3.62. The minimum absolute atomic E-state index is 0.154. The lowest BCUT2D eigenvalue weighted by Gasteiger charge is -2.06. The molecule has 1 N–H and O–H groups in total. The van der Waals surface area contributed by atoms with Crippen LogP contribution in [0.1, 0.15) is 5.56 Å². The number of carbonyl (C=O) groups is 1. The molecule has 0 atom stereocenters. The van der Waals surface area contributed by atoms with Gasteiger partial charge >= 0.3 is 0 Å². The summed E-state index contributed by atoms with van der Waals surface area (Å²) in [4.78, 5) is 12.2. The summed E-state index contributed by atoms with van der Waals surface area (Å²) in [6, 6.07) is 24.3. The summed E-state index contributed by atoms with van der Waals surface area (Å²) in [6.07, 6.45) is 1.57. The Kier molecular flexibility index (Phi) is 7.39. The maximum atomic E-state index is 12.2. The first kappa shape index (κ1) is 22.6. The molecule has 1 aromatic heterocycles. The average molecular weight is 478 g/mol. The molecule has 3 aromatic carbocycles. The van der Waals surface area contributed by atoms with Gasteiger partial charge in [0.05, 0.1) is 12.0 Å². The highest BCUT2D eigenvalue weighted by Crippen LogP contribution is 2.24. The Labute approximate surface area is 200 Å². The summed E-state index contributed by atoms with van der Waals surface area (Å²) in [6.45, 7) is 0. The SMILES string of the molecule is Cn1c(SCC(=O)N/N=C/c2cccc(Oc3ccccc3)c2)nnc1-c1ccc(Cl)cc1. The Morgan fingerprint density at radius 2 is 1.82 bits per heavy atom. The van der Waals surface area contributed by atoms with Crippen molar-refractivity contribution in [1.82, 2.24) is 20.2 Å². The zero-order valence-corrected chi connectivity index (χ0v) is 19.3. The summed E-state index contributed by atoms with van der Waals surface area (Å²) in [5, 5.41) is 13.7. The fourth-order valence-electron chi connectivity index (χ4n) is 2.92. The van der Waals surface area contributed by atoms with Gasteiger partial charge in [-0.25, -0.2) is 5.43 Å². The highest BCUT2D eigenvalue weighted by Gasteiger charge is 2.12. The first-order valence-electron chi connectivity index (χ1n) is 10.0. The fraction of sp³-hybridized carbons (Fsp3) is 0.0833. The van der Waals surface area contributed by atoms with E-state index in [1.165, 1.54) is 11.8 Å². The average Bonchev–Trinajstić information content (AvgIpc) is 3.19. The van der Waals surface area contributed by atoms with Crippen LogP contribution < -0.4 is 10.2 Å². The Bertz CT molecular complexity index is 1260. The topological polar surface area (TPSA) is 81.4 Å². The van der Waals surface area contributed by atoms with Gasteiger partial charge in [0, 0.05) is 17.6 Å². The fourth-order valence-corrected chi connectivity index (χ4v) is 3.74. The van der Waals surface area contributed by atoms with E-state index in [-0.39, 0.29) is 11.7 Å². The highest BCUT2D eigenvalue weighted by molar-refractivity contribution is 7.99. The summed E-state index contributed by atoms with van der Waals surface area (Å²) in [5.74, 6) is 2.04. The number of benzene rings is 3. The van der Waals surface area contributed by atoms with Crippen LogP contribution >= 0.6 is 23.4 Å². The molecule has 1 amide bonds. The predicted molar refractivity (Wildman–Crippen MR) is 131 cm³/mol. The molecule has 0 bridgehead atoms. The predicted octanol–water partition coefficient (Wildman–Crippen LogP) is 5.17. The van der Waals surface area contributed by atoms with Crippen molar-refractivity contribution in [2.75, 3.05) is 5.75 Å². The number of amides is 1. The Balaban J connectivity index is 1.29. The summed E-state index contributed by atoms with van der Waals surface area (Å²) >= 11 is 7.22.